The maximum atomic E-state index is 4.38. The molecule has 1 fully saturated rings. The largest absolute Gasteiger partial charge is 0.333 e. The Balaban J connectivity index is 1.68. The second-order valence-corrected chi connectivity index (χ2v) is 5.63. The van der Waals surface area contributed by atoms with Gasteiger partial charge in [-0.15, -0.1) is 11.3 Å². The molecule has 0 amide bonds. The van der Waals surface area contributed by atoms with Gasteiger partial charge in [0.2, 0.25) is 0 Å². The van der Waals surface area contributed by atoms with E-state index in [9.17, 15) is 0 Å². The van der Waals surface area contributed by atoms with E-state index in [1.54, 1.807) is 11.3 Å². The van der Waals surface area contributed by atoms with Crippen LogP contribution in [0, 0.1) is 0 Å². The molecule has 2 aromatic heterocycles. The van der Waals surface area contributed by atoms with Crippen LogP contribution in [0.3, 0.4) is 0 Å². The molecule has 1 aliphatic carbocycles. The van der Waals surface area contributed by atoms with Crippen molar-refractivity contribution in [1.29, 1.82) is 0 Å². The summed E-state index contributed by atoms with van der Waals surface area (Å²) in [7, 11) is 0. The first-order chi connectivity index (χ1) is 8.84. The number of hydrogen-bond acceptors (Lipinski definition) is 4. The van der Waals surface area contributed by atoms with Crippen molar-refractivity contribution in [2.45, 2.75) is 44.3 Å². The van der Waals surface area contributed by atoms with E-state index in [1.807, 2.05) is 18.0 Å². The van der Waals surface area contributed by atoms with E-state index >= 15 is 0 Å². The Morgan fingerprint density at radius 2 is 2.44 bits per heavy atom. The number of imidazole rings is 1. The van der Waals surface area contributed by atoms with E-state index in [0.717, 1.165) is 5.69 Å². The summed E-state index contributed by atoms with van der Waals surface area (Å²) in [6.07, 6.45) is 9.61. The van der Waals surface area contributed by atoms with E-state index in [4.69, 9.17) is 0 Å². The van der Waals surface area contributed by atoms with Gasteiger partial charge in [-0.1, -0.05) is 0 Å². The minimum Gasteiger partial charge on any atom is -0.333 e. The number of rotatable bonds is 4. The van der Waals surface area contributed by atoms with Crippen LogP contribution in [0.2, 0.25) is 0 Å². The normalized spacial score (nSPS) is 25.4. The molecule has 4 nitrogen and oxygen atoms in total. The van der Waals surface area contributed by atoms with Gasteiger partial charge in [-0.3, -0.25) is 0 Å². The van der Waals surface area contributed by atoms with Crippen molar-refractivity contribution in [1.82, 2.24) is 19.9 Å². The first-order valence-electron chi connectivity index (χ1n) is 6.46. The number of hydrogen-bond donors (Lipinski definition) is 1. The van der Waals surface area contributed by atoms with Crippen LogP contribution in [0.4, 0.5) is 0 Å². The molecule has 5 heteroatoms. The molecule has 0 saturated heterocycles. The molecule has 0 aromatic carbocycles. The highest BCUT2D eigenvalue weighted by molar-refractivity contribution is 7.07. The van der Waals surface area contributed by atoms with Crippen molar-refractivity contribution in [2.24, 2.45) is 0 Å². The van der Waals surface area contributed by atoms with Gasteiger partial charge in [0.1, 0.15) is 0 Å². The van der Waals surface area contributed by atoms with Gasteiger partial charge >= 0.3 is 0 Å². The molecule has 96 valence electrons. The lowest BCUT2D eigenvalue weighted by Gasteiger charge is -2.25. The van der Waals surface area contributed by atoms with Crippen LogP contribution in [-0.4, -0.2) is 20.6 Å². The predicted molar refractivity (Wildman–Crippen MR) is 72.6 cm³/mol. The highest BCUT2D eigenvalue weighted by atomic mass is 32.1. The van der Waals surface area contributed by atoms with Crippen LogP contribution in [0.25, 0.3) is 0 Å². The van der Waals surface area contributed by atoms with Gasteiger partial charge in [0.15, 0.2) is 0 Å². The number of nitrogens with one attached hydrogen (secondary N) is 1. The lowest BCUT2D eigenvalue weighted by Crippen LogP contribution is -2.35. The maximum absolute atomic E-state index is 4.38. The predicted octanol–water partition coefficient (Wildman–Crippen LogP) is 2.78. The zero-order valence-electron chi connectivity index (χ0n) is 10.5. The first kappa shape index (κ1) is 11.9. The number of nitrogens with zero attached hydrogens (tertiary/aromatic N) is 3. The molecule has 1 aliphatic rings. The van der Waals surface area contributed by atoms with Gasteiger partial charge in [-0.25, -0.2) is 9.97 Å². The summed E-state index contributed by atoms with van der Waals surface area (Å²) in [6, 6.07) is 1.38. The lowest BCUT2D eigenvalue weighted by molar-refractivity contribution is 0.360. The third kappa shape index (κ3) is 2.33. The minimum absolute atomic E-state index is 0.324. The zero-order chi connectivity index (χ0) is 12.4. The molecule has 3 atom stereocenters. The average molecular weight is 262 g/mol. The van der Waals surface area contributed by atoms with Crippen molar-refractivity contribution in [3.63, 3.8) is 0 Å². The molecule has 1 N–H and O–H groups in total. The highest BCUT2D eigenvalue weighted by Gasteiger charge is 2.29. The molecule has 18 heavy (non-hydrogen) atoms. The van der Waals surface area contributed by atoms with Crippen LogP contribution in [0.5, 0.6) is 0 Å². The molecule has 3 rings (SSSR count). The standard InChI is InChI=1S/C13H18N4S/c1-10(12-7-18-9-15-12)16-11-3-2-4-13(11)17-6-5-14-8-17/h5-11,13,16H,2-4H2,1H3. The monoisotopic (exact) mass is 262 g/mol. The molecule has 0 spiro atoms. The average Bonchev–Trinajstić information content (AvgIpc) is 3.11. The van der Waals surface area contributed by atoms with Crippen molar-refractivity contribution < 1.29 is 0 Å². The fourth-order valence-electron chi connectivity index (χ4n) is 2.80. The summed E-state index contributed by atoms with van der Waals surface area (Å²) >= 11 is 1.66. The molecule has 3 unspecified atom stereocenters. The minimum atomic E-state index is 0.324. The summed E-state index contributed by atoms with van der Waals surface area (Å²) in [5.74, 6) is 0. The van der Waals surface area contributed by atoms with Gasteiger partial charge in [0.25, 0.3) is 0 Å². The summed E-state index contributed by atoms with van der Waals surface area (Å²) in [5, 5.41) is 5.84. The molecule has 2 heterocycles. The molecular weight excluding hydrogens is 244 g/mol. The SMILES string of the molecule is CC(NC1CCCC1n1ccnc1)c1cscn1. The maximum Gasteiger partial charge on any atom is 0.0949 e. The smallest absolute Gasteiger partial charge is 0.0949 e. The van der Waals surface area contributed by atoms with Crippen molar-refractivity contribution >= 4 is 11.3 Å². The van der Waals surface area contributed by atoms with E-state index in [1.165, 1.54) is 19.3 Å². The van der Waals surface area contributed by atoms with Crippen LogP contribution < -0.4 is 5.32 Å². The fourth-order valence-corrected chi connectivity index (χ4v) is 3.45. The Labute approximate surface area is 111 Å². The van der Waals surface area contributed by atoms with Crippen LogP contribution >= 0.6 is 11.3 Å². The zero-order valence-corrected chi connectivity index (χ0v) is 11.3. The van der Waals surface area contributed by atoms with Gasteiger partial charge in [0, 0.05) is 35.9 Å². The van der Waals surface area contributed by atoms with E-state index < -0.39 is 0 Å². The Morgan fingerprint density at radius 3 is 3.17 bits per heavy atom. The van der Waals surface area contributed by atoms with Crippen LogP contribution in [-0.2, 0) is 0 Å². The van der Waals surface area contributed by atoms with Crippen molar-refractivity contribution in [3.05, 3.63) is 35.3 Å². The van der Waals surface area contributed by atoms with Crippen molar-refractivity contribution in [2.75, 3.05) is 0 Å². The van der Waals surface area contributed by atoms with Gasteiger partial charge in [-0.05, 0) is 26.2 Å². The first-order valence-corrected chi connectivity index (χ1v) is 7.40. The van der Waals surface area contributed by atoms with E-state index in [2.05, 4.69) is 38.4 Å². The van der Waals surface area contributed by atoms with Crippen LogP contribution in [0.1, 0.15) is 44.0 Å². The Kier molecular flexibility index (Phi) is 3.43. The third-order valence-corrected chi connectivity index (χ3v) is 4.35. The second kappa shape index (κ2) is 5.20. The molecule has 0 aliphatic heterocycles. The van der Waals surface area contributed by atoms with Gasteiger partial charge < -0.3 is 9.88 Å². The molecule has 0 bridgehead atoms. The molecule has 1 saturated carbocycles. The van der Waals surface area contributed by atoms with E-state index in [-0.39, 0.29) is 0 Å². The quantitative estimate of drug-likeness (QED) is 0.921. The molecule has 2 aromatic rings. The van der Waals surface area contributed by atoms with E-state index in [0.29, 0.717) is 18.1 Å². The highest BCUT2D eigenvalue weighted by Crippen LogP contribution is 2.31. The number of thiazole rings is 1. The summed E-state index contributed by atoms with van der Waals surface area (Å²) in [6.45, 7) is 2.19. The molecule has 0 radical (unpaired) electrons. The van der Waals surface area contributed by atoms with Crippen LogP contribution in [0.15, 0.2) is 29.6 Å². The fraction of sp³-hybridized carbons (Fsp3) is 0.538. The molecular formula is C13H18N4S. The number of aromatic nitrogens is 3. The second-order valence-electron chi connectivity index (χ2n) is 4.92. The third-order valence-electron chi connectivity index (χ3n) is 3.75. The Morgan fingerprint density at radius 1 is 1.50 bits per heavy atom. The topological polar surface area (TPSA) is 42.7 Å². The summed E-state index contributed by atoms with van der Waals surface area (Å²) in [4.78, 5) is 8.54. The Hall–Kier alpha value is -1.20. The summed E-state index contributed by atoms with van der Waals surface area (Å²) < 4.78 is 2.23. The van der Waals surface area contributed by atoms with Gasteiger partial charge in [0.05, 0.1) is 17.5 Å². The van der Waals surface area contributed by atoms with Gasteiger partial charge in [-0.2, -0.15) is 0 Å². The summed E-state index contributed by atoms with van der Waals surface area (Å²) in [5.41, 5.74) is 3.05. The Bertz CT molecular complexity index is 465. The van der Waals surface area contributed by atoms with Crippen molar-refractivity contribution in [3.8, 4) is 0 Å². The lowest BCUT2D eigenvalue weighted by atomic mass is 10.1.